The maximum Gasteiger partial charge on any atom is 0.318 e. The van der Waals surface area contributed by atoms with Gasteiger partial charge in [0.2, 0.25) is 5.75 Å². The number of halogens is 1. The van der Waals surface area contributed by atoms with Crippen LogP contribution in [0.3, 0.4) is 0 Å². The van der Waals surface area contributed by atoms with E-state index >= 15 is 0 Å². The van der Waals surface area contributed by atoms with Gasteiger partial charge in [-0.05, 0) is 24.3 Å². The van der Waals surface area contributed by atoms with Crippen molar-refractivity contribution in [2.24, 2.45) is 0 Å². The molecule has 0 aliphatic heterocycles. The summed E-state index contributed by atoms with van der Waals surface area (Å²) in [5, 5.41) is 33.9. The summed E-state index contributed by atoms with van der Waals surface area (Å²) < 4.78 is 0.768. The van der Waals surface area contributed by atoms with E-state index in [0.717, 1.165) is 10.5 Å². The number of benzene rings is 2. The maximum atomic E-state index is 12.1. The second kappa shape index (κ2) is 6.40. The molecule has 10 heteroatoms. The fourth-order valence-electron chi connectivity index (χ4n) is 1.75. The number of aromatic hydroxyl groups is 1. The van der Waals surface area contributed by atoms with Gasteiger partial charge in [0.15, 0.2) is 0 Å². The van der Waals surface area contributed by atoms with Gasteiger partial charge in [-0.25, -0.2) is 0 Å². The van der Waals surface area contributed by atoms with Crippen molar-refractivity contribution < 1.29 is 19.7 Å². The van der Waals surface area contributed by atoms with Crippen LogP contribution in [0.25, 0.3) is 0 Å². The van der Waals surface area contributed by atoms with Crippen LogP contribution in [0.2, 0.25) is 0 Å². The van der Waals surface area contributed by atoms with E-state index in [1.165, 1.54) is 0 Å². The lowest BCUT2D eigenvalue weighted by molar-refractivity contribution is -0.394. The Hall–Kier alpha value is -3.01. The van der Waals surface area contributed by atoms with E-state index in [1.807, 2.05) is 0 Å². The van der Waals surface area contributed by atoms with Crippen LogP contribution in [0.5, 0.6) is 5.75 Å². The number of nitrogens with one attached hydrogen (secondary N) is 1. The molecule has 2 aromatic rings. The molecule has 0 aromatic heterocycles. The average molecular weight is 382 g/mol. The van der Waals surface area contributed by atoms with Crippen LogP contribution in [0.15, 0.2) is 40.9 Å². The zero-order valence-corrected chi connectivity index (χ0v) is 12.8. The molecule has 0 heterocycles. The third kappa shape index (κ3) is 3.61. The number of carbonyl (C=O) groups is 1. The van der Waals surface area contributed by atoms with Crippen molar-refractivity contribution in [1.82, 2.24) is 0 Å². The normalized spacial score (nSPS) is 10.1. The highest BCUT2D eigenvalue weighted by molar-refractivity contribution is 9.10. The third-order valence-electron chi connectivity index (χ3n) is 2.83. The molecule has 0 saturated heterocycles. The standard InChI is InChI=1S/C13H8BrN3O6/c14-7-1-3-8(4-2-7)15-13(19)10-5-9(16(20)21)6-11(12(10)18)17(22)23/h1-6,18H,(H,15,19). The Labute approximate surface area is 137 Å². The van der Waals surface area contributed by atoms with Gasteiger partial charge >= 0.3 is 5.69 Å². The van der Waals surface area contributed by atoms with Gasteiger partial charge in [0.1, 0.15) is 0 Å². The minimum absolute atomic E-state index is 0.353. The molecule has 0 aliphatic carbocycles. The number of nitrogens with zero attached hydrogens (tertiary/aromatic N) is 2. The second-order valence-corrected chi connectivity index (χ2v) is 5.25. The first-order valence-corrected chi connectivity index (χ1v) is 6.81. The highest BCUT2D eigenvalue weighted by atomic mass is 79.9. The molecule has 0 fully saturated rings. The lowest BCUT2D eigenvalue weighted by Gasteiger charge is -2.07. The van der Waals surface area contributed by atoms with Crippen molar-refractivity contribution in [2.75, 3.05) is 5.32 Å². The van der Waals surface area contributed by atoms with Crippen molar-refractivity contribution in [1.29, 1.82) is 0 Å². The lowest BCUT2D eigenvalue weighted by Crippen LogP contribution is -2.13. The molecule has 118 valence electrons. The van der Waals surface area contributed by atoms with Crippen LogP contribution in [0, 0.1) is 20.2 Å². The predicted molar refractivity (Wildman–Crippen MR) is 83.5 cm³/mol. The molecule has 0 unspecified atom stereocenters. The van der Waals surface area contributed by atoms with Gasteiger partial charge in [-0.15, -0.1) is 0 Å². The average Bonchev–Trinajstić information content (AvgIpc) is 2.49. The molecule has 0 atom stereocenters. The molecule has 0 aliphatic rings. The Morgan fingerprint density at radius 3 is 2.22 bits per heavy atom. The molecule has 0 spiro atoms. The number of nitro benzene ring substituents is 2. The summed E-state index contributed by atoms with van der Waals surface area (Å²) in [5.74, 6) is -1.84. The summed E-state index contributed by atoms with van der Waals surface area (Å²) in [4.78, 5) is 31.9. The summed E-state index contributed by atoms with van der Waals surface area (Å²) >= 11 is 3.22. The van der Waals surface area contributed by atoms with E-state index in [4.69, 9.17) is 0 Å². The first-order valence-electron chi connectivity index (χ1n) is 6.02. The van der Waals surface area contributed by atoms with Crippen LogP contribution < -0.4 is 5.32 Å². The number of rotatable bonds is 4. The number of phenols is 1. The number of hydrogen-bond acceptors (Lipinski definition) is 6. The minimum atomic E-state index is -1.00. The van der Waals surface area contributed by atoms with E-state index in [9.17, 15) is 30.1 Å². The van der Waals surface area contributed by atoms with E-state index in [1.54, 1.807) is 24.3 Å². The Balaban J connectivity index is 2.44. The van der Waals surface area contributed by atoms with Crippen molar-refractivity contribution in [3.63, 3.8) is 0 Å². The molecule has 2 aromatic carbocycles. The quantitative estimate of drug-likeness (QED) is 0.616. The molecule has 9 nitrogen and oxygen atoms in total. The molecule has 0 bridgehead atoms. The molecule has 2 rings (SSSR count). The monoisotopic (exact) mass is 381 g/mol. The van der Waals surface area contributed by atoms with E-state index < -0.39 is 38.4 Å². The van der Waals surface area contributed by atoms with Gasteiger partial charge in [0, 0.05) is 16.2 Å². The Bertz CT molecular complexity index is 806. The zero-order valence-electron chi connectivity index (χ0n) is 11.2. The summed E-state index contributed by atoms with van der Waals surface area (Å²) in [6.45, 7) is 0. The van der Waals surface area contributed by atoms with Gasteiger partial charge in [-0.2, -0.15) is 0 Å². The third-order valence-corrected chi connectivity index (χ3v) is 3.36. The first kappa shape index (κ1) is 16.4. The zero-order chi connectivity index (χ0) is 17.1. The summed E-state index contributed by atoms with van der Waals surface area (Å²) in [7, 11) is 0. The van der Waals surface area contributed by atoms with Gasteiger partial charge in [0.05, 0.1) is 21.5 Å². The van der Waals surface area contributed by atoms with Crippen molar-refractivity contribution in [3.8, 4) is 5.75 Å². The minimum Gasteiger partial charge on any atom is -0.502 e. The van der Waals surface area contributed by atoms with Crippen LogP contribution in [0.4, 0.5) is 17.1 Å². The molecule has 1 amide bonds. The van der Waals surface area contributed by atoms with Gasteiger partial charge < -0.3 is 10.4 Å². The summed E-state index contributed by atoms with van der Waals surface area (Å²) in [6.07, 6.45) is 0. The summed E-state index contributed by atoms with van der Waals surface area (Å²) in [6, 6.07) is 7.74. The van der Waals surface area contributed by atoms with Crippen molar-refractivity contribution >= 4 is 38.9 Å². The molecule has 2 N–H and O–H groups in total. The Kier molecular flexibility index (Phi) is 4.55. The number of nitro groups is 2. The Morgan fingerprint density at radius 1 is 1.09 bits per heavy atom. The smallest absolute Gasteiger partial charge is 0.318 e. The largest absolute Gasteiger partial charge is 0.502 e. The second-order valence-electron chi connectivity index (χ2n) is 4.34. The number of carbonyl (C=O) groups excluding carboxylic acids is 1. The molecular weight excluding hydrogens is 374 g/mol. The molecule has 23 heavy (non-hydrogen) atoms. The molecule has 0 radical (unpaired) electrons. The van der Waals surface area contributed by atoms with Crippen LogP contribution in [0.1, 0.15) is 10.4 Å². The van der Waals surface area contributed by atoms with Gasteiger partial charge in [-0.1, -0.05) is 15.9 Å². The predicted octanol–water partition coefficient (Wildman–Crippen LogP) is 3.22. The topological polar surface area (TPSA) is 136 Å². The number of amides is 1. The van der Waals surface area contributed by atoms with Crippen LogP contribution in [-0.4, -0.2) is 20.9 Å². The van der Waals surface area contributed by atoms with Crippen molar-refractivity contribution in [2.45, 2.75) is 0 Å². The fourth-order valence-corrected chi connectivity index (χ4v) is 2.02. The van der Waals surface area contributed by atoms with Crippen molar-refractivity contribution in [3.05, 3.63) is 66.7 Å². The first-order chi connectivity index (χ1) is 10.8. The van der Waals surface area contributed by atoms with E-state index in [0.29, 0.717) is 11.8 Å². The number of hydrogen-bond donors (Lipinski definition) is 2. The number of phenolic OH excluding ortho intramolecular Hbond substituents is 1. The number of anilines is 1. The number of non-ortho nitro benzene ring substituents is 1. The van der Waals surface area contributed by atoms with Crippen LogP contribution >= 0.6 is 15.9 Å². The fraction of sp³-hybridized carbons (Fsp3) is 0. The van der Waals surface area contributed by atoms with E-state index in [-0.39, 0.29) is 0 Å². The van der Waals surface area contributed by atoms with Crippen LogP contribution in [-0.2, 0) is 0 Å². The summed E-state index contributed by atoms with van der Waals surface area (Å²) in [5.41, 5.74) is -1.80. The molecular formula is C13H8BrN3O6. The van der Waals surface area contributed by atoms with Gasteiger partial charge in [-0.3, -0.25) is 25.0 Å². The highest BCUT2D eigenvalue weighted by Crippen LogP contribution is 2.34. The maximum absolute atomic E-state index is 12.1. The van der Waals surface area contributed by atoms with Gasteiger partial charge in [0.25, 0.3) is 11.6 Å². The SMILES string of the molecule is O=C(Nc1ccc(Br)cc1)c1cc([N+](=O)[O-])cc([N+](=O)[O-])c1O. The van der Waals surface area contributed by atoms with E-state index in [2.05, 4.69) is 21.2 Å². The Morgan fingerprint density at radius 2 is 1.70 bits per heavy atom. The lowest BCUT2D eigenvalue weighted by atomic mass is 10.1. The highest BCUT2D eigenvalue weighted by Gasteiger charge is 2.27. The molecule has 0 saturated carbocycles.